The summed E-state index contributed by atoms with van der Waals surface area (Å²) >= 11 is 0. The van der Waals surface area contributed by atoms with Crippen LogP contribution in [0.2, 0.25) is 18.1 Å². The van der Waals surface area contributed by atoms with Crippen LogP contribution in [-0.2, 0) is 9.22 Å². The number of ketones is 1. The monoisotopic (exact) mass is 216 g/mol. The molecule has 0 radical (unpaired) electrons. The summed E-state index contributed by atoms with van der Waals surface area (Å²) in [7, 11) is -1.69. The Bertz CT molecular complexity index is 204. The van der Waals surface area contributed by atoms with E-state index in [4.69, 9.17) is 4.43 Å². The predicted octanol–water partition coefficient (Wildman–Crippen LogP) is 3.38. The van der Waals surface area contributed by atoms with Crippen molar-refractivity contribution in [2.24, 2.45) is 0 Å². The molecular weight excluding hydrogens is 192 g/mol. The molecule has 0 saturated heterocycles. The minimum atomic E-state index is -1.69. The lowest BCUT2D eigenvalue weighted by molar-refractivity contribution is -0.118. The van der Waals surface area contributed by atoms with Crippen LogP contribution in [0.25, 0.3) is 0 Å². The normalized spacial score (nSPS) is 15.4. The van der Waals surface area contributed by atoms with E-state index in [2.05, 4.69) is 33.9 Å². The molecule has 2 nitrogen and oxygen atoms in total. The summed E-state index contributed by atoms with van der Waals surface area (Å²) in [5.41, 5.74) is 0. The average Bonchev–Trinajstić information content (AvgIpc) is 1.79. The molecule has 0 heterocycles. The first kappa shape index (κ1) is 13.8. The molecule has 0 aromatic rings. The number of Topliss-reactive ketones (excluding diaryl/α,β-unsaturated/α-hetero) is 1. The van der Waals surface area contributed by atoms with Gasteiger partial charge in [0.2, 0.25) is 0 Å². The van der Waals surface area contributed by atoms with E-state index in [1.807, 2.05) is 6.92 Å². The molecule has 0 N–H and O–H groups in total. The second-order valence-corrected chi connectivity index (χ2v) is 10.4. The molecule has 0 aliphatic carbocycles. The molecule has 0 aromatic carbocycles. The minimum Gasteiger partial charge on any atom is -0.414 e. The molecular formula is C11H24O2Si. The maximum absolute atomic E-state index is 10.9. The third-order valence-electron chi connectivity index (χ3n) is 2.88. The number of carbonyl (C=O) groups excluding carboxylic acids is 1. The zero-order valence-corrected chi connectivity index (χ0v) is 11.6. The highest BCUT2D eigenvalue weighted by atomic mass is 28.4. The van der Waals surface area contributed by atoms with Gasteiger partial charge in [0.15, 0.2) is 8.32 Å². The van der Waals surface area contributed by atoms with Crippen molar-refractivity contribution in [1.29, 1.82) is 0 Å². The van der Waals surface area contributed by atoms with Crippen LogP contribution in [0.3, 0.4) is 0 Å². The highest BCUT2D eigenvalue weighted by Crippen LogP contribution is 2.37. The number of carbonyl (C=O) groups is 1. The number of hydrogen-bond donors (Lipinski definition) is 0. The van der Waals surface area contributed by atoms with Gasteiger partial charge in [-0.2, -0.15) is 0 Å². The highest BCUT2D eigenvalue weighted by Gasteiger charge is 2.38. The van der Waals surface area contributed by atoms with Gasteiger partial charge in [0.25, 0.3) is 0 Å². The molecule has 0 bridgehead atoms. The van der Waals surface area contributed by atoms with E-state index in [-0.39, 0.29) is 16.9 Å². The topological polar surface area (TPSA) is 26.3 Å². The standard InChI is InChI=1S/C11H24O2Si/c1-9(12)8-10(2)13-14(6,7)11(3,4)5/h10H,8H2,1-7H3/t10-/m1/s1. The second kappa shape index (κ2) is 4.58. The Labute approximate surface area is 89.2 Å². The van der Waals surface area contributed by atoms with Crippen LogP contribution in [0.1, 0.15) is 41.0 Å². The Kier molecular flexibility index (Phi) is 4.53. The van der Waals surface area contributed by atoms with Crippen LogP contribution < -0.4 is 0 Å². The van der Waals surface area contributed by atoms with Crippen molar-refractivity contribution >= 4 is 14.1 Å². The zero-order valence-electron chi connectivity index (χ0n) is 10.6. The summed E-state index contributed by atoms with van der Waals surface area (Å²) in [4.78, 5) is 10.9. The van der Waals surface area contributed by atoms with Crippen molar-refractivity contribution in [3.63, 3.8) is 0 Å². The lowest BCUT2D eigenvalue weighted by Gasteiger charge is -2.38. The zero-order chi connectivity index (χ0) is 11.6. The van der Waals surface area contributed by atoms with E-state index in [0.29, 0.717) is 6.42 Å². The van der Waals surface area contributed by atoms with Gasteiger partial charge in [-0.05, 0) is 32.0 Å². The SMILES string of the molecule is CC(=O)C[C@@H](C)O[Si](C)(C)C(C)(C)C. The van der Waals surface area contributed by atoms with E-state index in [9.17, 15) is 4.79 Å². The molecule has 3 heteroatoms. The fourth-order valence-electron chi connectivity index (χ4n) is 1.13. The predicted molar refractivity (Wildman–Crippen MR) is 63.0 cm³/mol. The Morgan fingerprint density at radius 1 is 1.36 bits per heavy atom. The lowest BCUT2D eigenvalue weighted by atomic mass is 10.2. The summed E-state index contributed by atoms with van der Waals surface area (Å²) in [6.07, 6.45) is 0.598. The van der Waals surface area contributed by atoms with E-state index in [0.717, 1.165) is 0 Å². The molecule has 14 heavy (non-hydrogen) atoms. The van der Waals surface area contributed by atoms with Crippen molar-refractivity contribution in [2.45, 2.75) is 65.3 Å². The summed E-state index contributed by atoms with van der Waals surface area (Å²) in [5, 5.41) is 0.220. The van der Waals surface area contributed by atoms with Gasteiger partial charge >= 0.3 is 0 Å². The maximum Gasteiger partial charge on any atom is 0.192 e. The third kappa shape index (κ3) is 4.38. The summed E-state index contributed by atoms with van der Waals surface area (Å²) in [6.45, 7) is 14.7. The molecule has 0 aliphatic rings. The van der Waals surface area contributed by atoms with Crippen molar-refractivity contribution in [3.8, 4) is 0 Å². The van der Waals surface area contributed by atoms with Crippen molar-refractivity contribution in [3.05, 3.63) is 0 Å². The summed E-state index contributed by atoms with van der Waals surface area (Å²) in [6, 6.07) is 0. The first-order valence-electron chi connectivity index (χ1n) is 5.23. The second-order valence-electron chi connectivity index (χ2n) is 5.59. The fourth-order valence-corrected chi connectivity index (χ4v) is 2.57. The highest BCUT2D eigenvalue weighted by molar-refractivity contribution is 6.74. The Morgan fingerprint density at radius 2 is 1.79 bits per heavy atom. The summed E-state index contributed by atoms with van der Waals surface area (Å²) < 4.78 is 6.03. The van der Waals surface area contributed by atoms with Gasteiger partial charge in [0, 0.05) is 12.5 Å². The first-order chi connectivity index (χ1) is 6.06. The maximum atomic E-state index is 10.9. The van der Waals surface area contributed by atoms with Crippen molar-refractivity contribution < 1.29 is 9.22 Å². The molecule has 1 atom stereocenters. The van der Waals surface area contributed by atoms with Gasteiger partial charge in [-0.3, -0.25) is 4.79 Å². The molecule has 0 spiro atoms. The van der Waals surface area contributed by atoms with Gasteiger partial charge in [-0.25, -0.2) is 0 Å². The Hall–Kier alpha value is -0.153. The van der Waals surface area contributed by atoms with Crippen LogP contribution >= 0.6 is 0 Å². The lowest BCUT2D eigenvalue weighted by Crippen LogP contribution is -2.43. The first-order valence-corrected chi connectivity index (χ1v) is 8.14. The van der Waals surface area contributed by atoms with Crippen LogP contribution in [0.5, 0.6) is 0 Å². The van der Waals surface area contributed by atoms with Crippen LogP contribution in [0.15, 0.2) is 0 Å². The fraction of sp³-hybridized carbons (Fsp3) is 0.909. The number of hydrogen-bond acceptors (Lipinski definition) is 2. The molecule has 0 rings (SSSR count). The van der Waals surface area contributed by atoms with Crippen LogP contribution in [-0.4, -0.2) is 20.2 Å². The molecule has 0 saturated carbocycles. The summed E-state index contributed by atoms with van der Waals surface area (Å²) in [5.74, 6) is 0.205. The molecule has 0 aliphatic heterocycles. The molecule has 84 valence electrons. The van der Waals surface area contributed by atoms with Crippen molar-refractivity contribution in [1.82, 2.24) is 0 Å². The van der Waals surface area contributed by atoms with Gasteiger partial charge in [0.05, 0.1) is 0 Å². The molecule has 0 unspecified atom stereocenters. The number of rotatable bonds is 4. The molecule has 0 amide bonds. The van der Waals surface area contributed by atoms with Crippen LogP contribution in [0.4, 0.5) is 0 Å². The Balaban J connectivity index is 4.29. The van der Waals surface area contributed by atoms with E-state index < -0.39 is 8.32 Å². The van der Waals surface area contributed by atoms with Crippen LogP contribution in [0, 0.1) is 0 Å². The average molecular weight is 216 g/mol. The van der Waals surface area contributed by atoms with E-state index >= 15 is 0 Å². The molecule has 0 aromatic heterocycles. The van der Waals surface area contributed by atoms with Gasteiger partial charge in [-0.1, -0.05) is 20.8 Å². The largest absolute Gasteiger partial charge is 0.414 e. The Morgan fingerprint density at radius 3 is 2.07 bits per heavy atom. The van der Waals surface area contributed by atoms with Gasteiger partial charge < -0.3 is 4.43 Å². The van der Waals surface area contributed by atoms with Crippen molar-refractivity contribution in [2.75, 3.05) is 0 Å². The minimum absolute atomic E-state index is 0.0633. The van der Waals surface area contributed by atoms with Gasteiger partial charge in [0.1, 0.15) is 5.78 Å². The van der Waals surface area contributed by atoms with E-state index in [1.54, 1.807) is 6.92 Å². The smallest absolute Gasteiger partial charge is 0.192 e. The quantitative estimate of drug-likeness (QED) is 0.673. The third-order valence-corrected chi connectivity index (χ3v) is 7.48. The van der Waals surface area contributed by atoms with Gasteiger partial charge in [-0.15, -0.1) is 0 Å². The van der Waals surface area contributed by atoms with E-state index in [1.165, 1.54) is 0 Å². The molecule has 0 fully saturated rings.